The van der Waals surface area contributed by atoms with Crippen LogP contribution >= 0.6 is 11.6 Å². The lowest BCUT2D eigenvalue weighted by atomic mass is 9.97. The molecule has 0 bridgehead atoms. The van der Waals surface area contributed by atoms with Gasteiger partial charge in [0, 0.05) is 30.1 Å². The zero-order chi connectivity index (χ0) is 20.5. The van der Waals surface area contributed by atoms with E-state index in [0.29, 0.717) is 22.8 Å². The Kier molecular flexibility index (Phi) is 4.85. The lowest BCUT2D eigenvalue weighted by molar-refractivity contribution is 0.413. The van der Waals surface area contributed by atoms with Gasteiger partial charge in [-0.15, -0.1) is 0 Å². The Labute approximate surface area is 179 Å². The third kappa shape index (κ3) is 3.50. The van der Waals surface area contributed by atoms with Gasteiger partial charge in [0.25, 0.3) is 0 Å². The monoisotopic (exact) mass is 417 g/mol. The van der Waals surface area contributed by atoms with Gasteiger partial charge in [-0.3, -0.25) is 0 Å². The Morgan fingerprint density at radius 1 is 1.13 bits per heavy atom. The van der Waals surface area contributed by atoms with E-state index in [4.69, 9.17) is 21.3 Å². The van der Waals surface area contributed by atoms with Gasteiger partial charge in [0.05, 0.1) is 18.5 Å². The molecule has 2 aromatic heterocycles. The molecule has 2 heterocycles. The van der Waals surface area contributed by atoms with Crippen LogP contribution in [0.25, 0.3) is 5.69 Å². The van der Waals surface area contributed by atoms with E-state index in [-0.39, 0.29) is 0 Å². The molecule has 1 aliphatic carbocycles. The number of rotatable bonds is 5. The van der Waals surface area contributed by atoms with Crippen molar-refractivity contribution in [1.82, 2.24) is 19.5 Å². The van der Waals surface area contributed by atoms with Gasteiger partial charge in [0.2, 0.25) is 5.95 Å². The van der Waals surface area contributed by atoms with E-state index >= 15 is 0 Å². The highest BCUT2D eigenvalue weighted by molar-refractivity contribution is 6.29. The summed E-state index contributed by atoms with van der Waals surface area (Å²) in [4.78, 5) is 13.4. The van der Waals surface area contributed by atoms with Crippen molar-refractivity contribution in [2.75, 3.05) is 12.4 Å². The first kappa shape index (κ1) is 18.6. The average molecular weight is 418 g/mol. The zero-order valence-corrected chi connectivity index (χ0v) is 17.2. The minimum Gasteiger partial charge on any atom is -0.494 e. The lowest BCUT2D eigenvalue weighted by Crippen LogP contribution is -2.04. The Bertz CT molecular complexity index is 1190. The van der Waals surface area contributed by atoms with Crippen molar-refractivity contribution in [3.8, 4) is 11.4 Å². The standard InChI is InChI=1S/C23H20ClN5O/c1-30-20-11-17(8-10-19(20)29-13-21(24)26-14-29)27-23-25-12-16-7-9-18(22(16)28-23)15-5-3-2-4-6-15/h2-6,8,10-14,18H,7,9H2,1H3,(H,25,27,28). The molecule has 0 saturated carbocycles. The fourth-order valence-corrected chi connectivity index (χ4v) is 4.10. The van der Waals surface area contributed by atoms with Crippen LogP contribution in [0.15, 0.2) is 67.3 Å². The van der Waals surface area contributed by atoms with E-state index in [1.54, 1.807) is 19.6 Å². The maximum Gasteiger partial charge on any atom is 0.227 e. The topological polar surface area (TPSA) is 64.9 Å². The highest BCUT2D eigenvalue weighted by Gasteiger charge is 2.26. The summed E-state index contributed by atoms with van der Waals surface area (Å²) >= 11 is 5.95. The second kappa shape index (κ2) is 7.80. The number of imidazole rings is 1. The van der Waals surface area contributed by atoms with E-state index in [1.165, 1.54) is 11.1 Å². The van der Waals surface area contributed by atoms with Gasteiger partial charge in [0.1, 0.15) is 17.2 Å². The highest BCUT2D eigenvalue weighted by Crippen LogP contribution is 2.37. The van der Waals surface area contributed by atoms with E-state index in [2.05, 4.69) is 39.6 Å². The van der Waals surface area contributed by atoms with Crippen molar-refractivity contribution in [2.45, 2.75) is 18.8 Å². The maximum absolute atomic E-state index is 5.95. The molecular formula is C23H20ClN5O. The molecule has 0 amide bonds. The fourth-order valence-electron chi connectivity index (χ4n) is 3.95. The molecule has 2 aromatic carbocycles. The van der Waals surface area contributed by atoms with Crippen LogP contribution in [0, 0.1) is 0 Å². The largest absolute Gasteiger partial charge is 0.494 e. The molecule has 0 spiro atoms. The molecule has 1 N–H and O–H groups in total. The second-order valence-electron chi connectivity index (χ2n) is 7.22. The summed E-state index contributed by atoms with van der Waals surface area (Å²) in [6.07, 6.45) is 7.39. The third-order valence-electron chi connectivity index (χ3n) is 5.40. The van der Waals surface area contributed by atoms with Gasteiger partial charge < -0.3 is 14.6 Å². The summed E-state index contributed by atoms with van der Waals surface area (Å²) in [5.74, 6) is 1.59. The van der Waals surface area contributed by atoms with E-state index in [9.17, 15) is 0 Å². The van der Waals surface area contributed by atoms with Gasteiger partial charge in [-0.2, -0.15) is 0 Å². The Morgan fingerprint density at radius 2 is 2.00 bits per heavy atom. The number of nitrogens with one attached hydrogen (secondary N) is 1. The molecule has 1 atom stereocenters. The predicted molar refractivity (Wildman–Crippen MR) is 117 cm³/mol. The number of hydrogen-bond acceptors (Lipinski definition) is 5. The molecular weight excluding hydrogens is 398 g/mol. The van der Waals surface area contributed by atoms with Crippen LogP contribution in [-0.2, 0) is 6.42 Å². The number of aryl methyl sites for hydroxylation is 1. The van der Waals surface area contributed by atoms with Crippen LogP contribution in [0.4, 0.5) is 11.6 Å². The van der Waals surface area contributed by atoms with Gasteiger partial charge >= 0.3 is 0 Å². The van der Waals surface area contributed by atoms with Crippen molar-refractivity contribution < 1.29 is 4.74 Å². The number of halogens is 1. The van der Waals surface area contributed by atoms with Crippen LogP contribution < -0.4 is 10.1 Å². The lowest BCUT2D eigenvalue weighted by Gasteiger charge is -2.14. The van der Waals surface area contributed by atoms with E-state index in [0.717, 1.165) is 29.9 Å². The molecule has 1 aliphatic rings. The molecule has 0 fully saturated rings. The van der Waals surface area contributed by atoms with Crippen molar-refractivity contribution >= 4 is 23.2 Å². The SMILES string of the molecule is COc1cc(Nc2ncc3c(n2)C(c2ccccc2)CC3)ccc1-n1cnc(Cl)c1. The average Bonchev–Trinajstić information content (AvgIpc) is 3.40. The second-order valence-corrected chi connectivity index (χ2v) is 7.61. The maximum atomic E-state index is 5.95. The van der Waals surface area contributed by atoms with Gasteiger partial charge in [-0.05, 0) is 36.1 Å². The summed E-state index contributed by atoms with van der Waals surface area (Å²) < 4.78 is 7.38. The van der Waals surface area contributed by atoms with Crippen LogP contribution in [0.1, 0.15) is 29.2 Å². The van der Waals surface area contributed by atoms with Crippen molar-refractivity contribution in [3.05, 3.63) is 89.2 Å². The smallest absolute Gasteiger partial charge is 0.227 e. The van der Waals surface area contributed by atoms with Crippen molar-refractivity contribution in [1.29, 1.82) is 0 Å². The predicted octanol–water partition coefficient (Wildman–Crippen LogP) is 5.15. The number of benzene rings is 2. The number of anilines is 2. The molecule has 30 heavy (non-hydrogen) atoms. The van der Waals surface area contributed by atoms with E-state index < -0.39 is 0 Å². The Morgan fingerprint density at radius 3 is 2.77 bits per heavy atom. The normalized spacial score (nSPS) is 15.1. The summed E-state index contributed by atoms with van der Waals surface area (Å²) in [6, 6.07) is 16.3. The highest BCUT2D eigenvalue weighted by atomic mass is 35.5. The summed E-state index contributed by atoms with van der Waals surface area (Å²) in [5, 5.41) is 3.74. The van der Waals surface area contributed by atoms with Crippen molar-refractivity contribution in [2.24, 2.45) is 0 Å². The van der Waals surface area contributed by atoms with Crippen LogP contribution in [0.3, 0.4) is 0 Å². The fraction of sp³-hybridized carbons (Fsp3) is 0.174. The zero-order valence-electron chi connectivity index (χ0n) is 16.4. The number of hydrogen-bond donors (Lipinski definition) is 1. The number of nitrogens with zero attached hydrogens (tertiary/aromatic N) is 4. The molecule has 0 saturated heterocycles. The van der Waals surface area contributed by atoms with Gasteiger partial charge in [-0.1, -0.05) is 41.9 Å². The van der Waals surface area contributed by atoms with Crippen LogP contribution in [-0.4, -0.2) is 26.6 Å². The Balaban J connectivity index is 1.43. The number of methoxy groups -OCH3 is 1. The summed E-state index contributed by atoms with van der Waals surface area (Å²) in [5.41, 5.74) is 5.32. The van der Waals surface area contributed by atoms with Gasteiger partial charge in [0.15, 0.2) is 0 Å². The van der Waals surface area contributed by atoms with E-state index in [1.807, 2.05) is 35.0 Å². The van der Waals surface area contributed by atoms with Crippen molar-refractivity contribution in [3.63, 3.8) is 0 Å². The minimum absolute atomic E-state index is 0.313. The molecule has 5 rings (SSSR count). The molecule has 1 unspecified atom stereocenters. The molecule has 0 radical (unpaired) electrons. The molecule has 7 heteroatoms. The number of fused-ring (bicyclic) bond motifs is 1. The first-order valence-electron chi connectivity index (χ1n) is 9.77. The Hall–Kier alpha value is -3.38. The third-order valence-corrected chi connectivity index (χ3v) is 5.59. The van der Waals surface area contributed by atoms with Crippen LogP contribution in [0.2, 0.25) is 5.15 Å². The molecule has 6 nitrogen and oxygen atoms in total. The number of ether oxygens (including phenoxy) is 1. The molecule has 150 valence electrons. The summed E-state index contributed by atoms with van der Waals surface area (Å²) in [7, 11) is 1.64. The summed E-state index contributed by atoms with van der Waals surface area (Å²) in [6.45, 7) is 0. The minimum atomic E-state index is 0.313. The van der Waals surface area contributed by atoms with Crippen LogP contribution in [0.5, 0.6) is 5.75 Å². The first-order valence-corrected chi connectivity index (χ1v) is 10.1. The van der Waals surface area contributed by atoms with Gasteiger partial charge in [-0.25, -0.2) is 15.0 Å². The molecule has 0 aliphatic heterocycles. The first-order chi connectivity index (χ1) is 14.7. The quantitative estimate of drug-likeness (QED) is 0.486. The molecule has 4 aromatic rings. The number of aromatic nitrogens is 4.